The van der Waals surface area contributed by atoms with E-state index in [2.05, 4.69) is 20.8 Å². The molecule has 88 valence electrons. The Morgan fingerprint density at radius 2 is 1.27 bits per heavy atom. The van der Waals surface area contributed by atoms with Crippen molar-refractivity contribution in [2.24, 2.45) is 16.6 Å². The number of hydrogen-bond acceptors (Lipinski definition) is 1. The van der Waals surface area contributed by atoms with Crippen LogP contribution in [0.5, 0.6) is 0 Å². The molecule has 0 amide bonds. The lowest BCUT2D eigenvalue weighted by Gasteiger charge is -2.61. The fourth-order valence-corrected chi connectivity index (χ4v) is 4.64. The van der Waals surface area contributed by atoms with Crippen LogP contribution >= 0.6 is 0 Å². The van der Waals surface area contributed by atoms with E-state index >= 15 is 0 Å². The average Bonchev–Trinajstić information content (AvgIpc) is 2.15. The third kappa shape index (κ3) is 1.54. The van der Waals surface area contributed by atoms with Gasteiger partial charge in [-0.1, -0.05) is 32.6 Å². The number of fused-ring (bicyclic) bond motifs is 1. The first kappa shape index (κ1) is 11.4. The highest BCUT2D eigenvalue weighted by atomic mass is 14.8. The lowest BCUT2D eigenvalue weighted by atomic mass is 9.45. The molecule has 0 heterocycles. The molecular formula is C14H27N. The van der Waals surface area contributed by atoms with Crippen LogP contribution < -0.4 is 5.73 Å². The molecule has 0 aromatic heterocycles. The zero-order chi connectivity index (χ0) is 11.2. The van der Waals surface area contributed by atoms with Gasteiger partial charge in [0.15, 0.2) is 0 Å². The second-order valence-corrected chi connectivity index (χ2v) is 6.78. The van der Waals surface area contributed by atoms with Gasteiger partial charge in [0.1, 0.15) is 0 Å². The van der Waals surface area contributed by atoms with Crippen molar-refractivity contribution in [3.8, 4) is 0 Å². The van der Waals surface area contributed by atoms with Crippen LogP contribution in [0.1, 0.15) is 72.1 Å². The Morgan fingerprint density at radius 3 is 1.60 bits per heavy atom. The summed E-state index contributed by atoms with van der Waals surface area (Å²) in [5.74, 6) is 0. The molecule has 0 spiro atoms. The molecule has 0 radical (unpaired) electrons. The normalized spacial score (nSPS) is 42.4. The molecule has 0 saturated heterocycles. The van der Waals surface area contributed by atoms with Crippen molar-refractivity contribution in [3.05, 3.63) is 0 Å². The van der Waals surface area contributed by atoms with Crippen LogP contribution in [0.15, 0.2) is 0 Å². The van der Waals surface area contributed by atoms with Crippen molar-refractivity contribution < 1.29 is 0 Å². The fraction of sp³-hybridized carbons (Fsp3) is 1.00. The van der Waals surface area contributed by atoms with E-state index in [4.69, 9.17) is 5.73 Å². The Balaban J connectivity index is 2.37. The van der Waals surface area contributed by atoms with E-state index in [1.165, 1.54) is 51.4 Å². The van der Waals surface area contributed by atoms with Crippen molar-refractivity contribution in [2.45, 2.75) is 77.7 Å². The molecule has 0 unspecified atom stereocenters. The van der Waals surface area contributed by atoms with Crippen molar-refractivity contribution >= 4 is 0 Å². The van der Waals surface area contributed by atoms with Crippen LogP contribution in [-0.2, 0) is 0 Å². The van der Waals surface area contributed by atoms with Crippen molar-refractivity contribution in [3.63, 3.8) is 0 Å². The summed E-state index contributed by atoms with van der Waals surface area (Å²) in [5, 5.41) is 0. The Hall–Kier alpha value is -0.0400. The van der Waals surface area contributed by atoms with Crippen LogP contribution in [0.25, 0.3) is 0 Å². The van der Waals surface area contributed by atoms with Gasteiger partial charge in [0.05, 0.1) is 0 Å². The van der Waals surface area contributed by atoms with Crippen LogP contribution in [0, 0.1) is 10.8 Å². The zero-order valence-electron chi connectivity index (χ0n) is 10.7. The van der Waals surface area contributed by atoms with Crippen molar-refractivity contribution in [1.82, 2.24) is 0 Å². The number of hydrogen-bond donors (Lipinski definition) is 1. The van der Waals surface area contributed by atoms with Crippen molar-refractivity contribution in [1.29, 1.82) is 0 Å². The summed E-state index contributed by atoms with van der Waals surface area (Å²) in [6.07, 6.45) is 11.2. The number of rotatable bonds is 1. The van der Waals surface area contributed by atoms with Gasteiger partial charge in [-0.25, -0.2) is 0 Å². The van der Waals surface area contributed by atoms with E-state index < -0.39 is 0 Å². The zero-order valence-corrected chi connectivity index (χ0v) is 10.7. The van der Waals surface area contributed by atoms with Gasteiger partial charge < -0.3 is 5.73 Å². The molecule has 2 rings (SSSR count). The smallest absolute Gasteiger partial charge is 0.0159 e. The Morgan fingerprint density at radius 1 is 0.867 bits per heavy atom. The first-order valence-corrected chi connectivity index (χ1v) is 6.70. The van der Waals surface area contributed by atoms with E-state index in [9.17, 15) is 0 Å². The number of nitrogens with two attached hydrogens (primary N) is 1. The molecule has 15 heavy (non-hydrogen) atoms. The molecule has 2 aliphatic rings. The average molecular weight is 209 g/mol. The highest BCUT2D eigenvalue weighted by molar-refractivity contribution is 5.09. The maximum atomic E-state index is 6.54. The van der Waals surface area contributed by atoms with Crippen molar-refractivity contribution in [2.75, 3.05) is 0 Å². The second-order valence-electron chi connectivity index (χ2n) is 6.78. The van der Waals surface area contributed by atoms with Gasteiger partial charge in [-0.2, -0.15) is 0 Å². The Bertz CT molecular complexity index is 224. The molecule has 0 bridgehead atoms. The summed E-state index contributed by atoms with van der Waals surface area (Å²) in [6, 6.07) is 0. The quantitative estimate of drug-likeness (QED) is 0.697. The first-order chi connectivity index (χ1) is 6.91. The minimum atomic E-state index is 0.00257. The van der Waals surface area contributed by atoms with Crippen LogP contribution in [0.2, 0.25) is 0 Å². The van der Waals surface area contributed by atoms with Crippen LogP contribution in [-0.4, -0.2) is 5.54 Å². The molecule has 2 fully saturated rings. The predicted molar refractivity (Wildman–Crippen MR) is 65.7 cm³/mol. The largest absolute Gasteiger partial charge is 0.325 e. The molecule has 2 aliphatic carbocycles. The second kappa shape index (κ2) is 3.48. The summed E-state index contributed by atoms with van der Waals surface area (Å²) in [6.45, 7) is 7.05. The van der Waals surface area contributed by atoms with Gasteiger partial charge in [0.25, 0.3) is 0 Å². The summed E-state index contributed by atoms with van der Waals surface area (Å²) >= 11 is 0. The molecule has 2 saturated carbocycles. The topological polar surface area (TPSA) is 26.0 Å². The van der Waals surface area contributed by atoms with Crippen LogP contribution in [0.3, 0.4) is 0 Å². The molecule has 1 heteroatoms. The standard InChI is InChI=1S/C14H27N/c1-12(2,15)14-10-6-4-8-13(14,3)9-5-7-11-14/h4-11,15H2,1-3H3. The molecule has 0 aromatic rings. The van der Waals surface area contributed by atoms with Gasteiger partial charge in [-0.3, -0.25) is 0 Å². The molecular weight excluding hydrogens is 182 g/mol. The molecule has 0 atom stereocenters. The van der Waals surface area contributed by atoms with Gasteiger partial charge >= 0.3 is 0 Å². The van der Waals surface area contributed by atoms with Gasteiger partial charge in [-0.15, -0.1) is 0 Å². The van der Waals surface area contributed by atoms with E-state index in [0.717, 1.165) is 0 Å². The Labute approximate surface area is 94.8 Å². The lowest BCUT2D eigenvalue weighted by Crippen LogP contribution is -2.61. The Kier molecular flexibility index (Phi) is 2.65. The highest BCUT2D eigenvalue weighted by Gasteiger charge is 2.56. The van der Waals surface area contributed by atoms with E-state index in [-0.39, 0.29) is 5.54 Å². The SMILES string of the molecule is CC(C)(N)C12CCCCC1(C)CCCC2. The third-order valence-electron chi connectivity index (χ3n) is 5.55. The minimum Gasteiger partial charge on any atom is -0.325 e. The summed E-state index contributed by atoms with van der Waals surface area (Å²) in [4.78, 5) is 0. The first-order valence-electron chi connectivity index (χ1n) is 6.70. The molecule has 0 aliphatic heterocycles. The summed E-state index contributed by atoms with van der Waals surface area (Å²) in [7, 11) is 0. The van der Waals surface area contributed by atoms with Gasteiger partial charge in [0.2, 0.25) is 0 Å². The fourth-order valence-electron chi connectivity index (χ4n) is 4.64. The maximum Gasteiger partial charge on any atom is 0.0159 e. The van der Waals surface area contributed by atoms with Crippen LogP contribution in [0.4, 0.5) is 0 Å². The molecule has 2 N–H and O–H groups in total. The van der Waals surface area contributed by atoms with E-state index in [0.29, 0.717) is 10.8 Å². The summed E-state index contributed by atoms with van der Waals surface area (Å²) in [5.41, 5.74) is 7.50. The molecule has 0 aromatic carbocycles. The summed E-state index contributed by atoms with van der Waals surface area (Å²) < 4.78 is 0. The predicted octanol–water partition coefficient (Wildman–Crippen LogP) is 3.86. The van der Waals surface area contributed by atoms with E-state index in [1.54, 1.807) is 0 Å². The van der Waals surface area contributed by atoms with Gasteiger partial charge in [0, 0.05) is 5.54 Å². The highest BCUT2D eigenvalue weighted by Crippen LogP contribution is 2.62. The maximum absolute atomic E-state index is 6.54. The van der Waals surface area contributed by atoms with Gasteiger partial charge in [-0.05, 0) is 50.4 Å². The third-order valence-corrected chi connectivity index (χ3v) is 5.55. The van der Waals surface area contributed by atoms with E-state index in [1.807, 2.05) is 0 Å². The minimum absolute atomic E-state index is 0.00257. The lowest BCUT2D eigenvalue weighted by molar-refractivity contribution is -0.0890. The molecule has 1 nitrogen and oxygen atoms in total. The monoisotopic (exact) mass is 209 g/mol.